The molecular formula is C12H16N2O2. The Morgan fingerprint density at radius 3 is 2.88 bits per heavy atom. The lowest BCUT2D eigenvalue weighted by Crippen LogP contribution is -2.28. The van der Waals surface area contributed by atoms with Gasteiger partial charge in [-0.1, -0.05) is 12.8 Å². The summed E-state index contributed by atoms with van der Waals surface area (Å²) in [6, 6.07) is 0. The molecule has 1 aliphatic rings. The van der Waals surface area contributed by atoms with E-state index in [4.69, 9.17) is 0 Å². The fourth-order valence-electron chi connectivity index (χ4n) is 2.22. The number of carbonyl (C=O) groups excluding carboxylic acids is 1. The Hall–Kier alpha value is -1.45. The predicted molar refractivity (Wildman–Crippen MR) is 60.2 cm³/mol. The number of nitrogens with zero attached hydrogens (tertiary/aromatic N) is 2. The van der Waals surface area contributed by atoms with Crippen LogP contribution >= 0.6 is 0 Å². The van der Waals surface area contributed by atoms with Gasteiger partial charge in [0.15, 0.2) is 5.78 Å². The van der Waals surface area contributed by atoms with Crippen molar-refractivity contribution in [3.05, 3.63) is 28.4 Å². The molecule has 1 aliphatic carbocycles. The molecule has 1 aromatic rings. The van der Waals surface area contributed by atoms with Crippen molar-refractivity contribution < 1.29 is 4.79 Å². The summed E-state index contributed by atoms with van der Waals surface area (Å²) in [5.41, 5.74) is 0.566. The number of aromatic nitrogens is 2. The Balaban J connectivity index is 2.11. The van der Waals surface area contributed by atoms with Gasteiger partial charge in [0, 0.05) is 18.3 Å². The van der Waals surface area contributed by atoms with Crippen molar-refractivity contribution in [3.8, 4) is 0 Å². The first-order chi connectivity index (χ1) is 7.66. The lowest BCUT2D eigenvalue weighted by atomic mass is 10.0. The summed E-state index contributed by atoms with van der Waals surface area (Å²) in [5.74, 6) is 0.333. The SMILES string of the molecule is Cc1cnc(=O)n(CC(=O)C2CCCC2)c1. The molecular weight excluding hydrogens is 204 g/mol. The molecule has 4 nitrogen and oxygen atoms in total. The normalized spacial score (nSPS) is 16.6. The number of rotatable bonds is 3. The molecule has 1 aromatic heterocycles. The van der Waals surface area contributed by atoms with Crippen LogP contribution in [-0.4, -0.2) is 15.3 Å². The van der Waals surface area contributed by atoms with Crippen LogP contribution < -0.4 is 5.69 Å². The summed E-state index contributed by atoms with van der Waals surface area (Å²) in [4.78, 5) is 27.0. The second-order valence-electron chi connectivity index (χ2n) is 4.49. The zero-order valence-corrected chi connectivity index (χ0v) is 9.48. The van der Waals surface area contributed by atoms with Gasteiger partial charge < -0.3 is 0 Å². The van der Waals surface area contributed by atoms with Crippen LogP contribution in [0.5, 0.6) is 0 Å². The highest BCUT2D eigenvalue weighted by molar-refractivity contribution is 5.81. The van der Waals surface area contributed by atoms with Crippen molar-refractivity contribution in [2.75, 3.05) is 0 Å². The molecule has 16 heavy (non-hydrogen) atoms. The van der Waals surface area contributed by atoms with Gasteiger partial charge in [-0.3, -0.25) is 9.36 Å². The predicted octanol–water partition coefficient (Wildman–Crippen LogP) is 1.31. The largest absolute Gasteiger partial charge is 0.347 e. The van der Waals surface area contributed by atoms with E-state index in [0.717, 1.165) is 31.2 Å². The summed E-state index contributed by atoms with van der Waals surface area (Å²) in [6.07, 6.45) is 7.45. The topological polar surface area (TPSA) is 52.0 Å². The minimum absolute atomic E-state index is 0.160. The average molecular weight is 220 g/mol. The van der Waals surface area contributed by atoms with Crippen molar-refractivity contribution in [2.24, 2.45) is 5.92 Å². The highest BCUT2D eigenvalue weighted by Gasteiger charge is 2.22. The van der Waals surface area contributed by atoms with Crippen molar-refractivity contribution in [3.63, 3.8) is 0 Å². The fraction of sp³-hybridized carbons (Fsp3) is 0.583. The van der Waals surface area contributed by atoms with Crippen LogP contribution in [0.15, 0.2) is 17.2 Å². The smallest absolute Gasteiger partial charge is 0.297 e. The van der Waals surface area contributed by atoms with Crippen LogP contribution in [0.2, 0.25) is 0 Å². The first kappa shape index (κ1) is 11.0. The zero-order valence-electron chi connectivity index (χ0n) is 9.48. The van der Waals surface area contributed by atoms with E-state index < -0.39 is 0 Å². The summed E-state index contributed by atoms with van der Waals surface area (Å²) in [5, 5.41) is 0. The van der Waals surface area contributed by atoms with E-state index in [-0.39, 0.29) is 23.9 Å². The average Bonchev–Trinajstić information content (AvgIpc) is 2.76. The lowest BCUT2D eigenvalue weighted by Gasteiger charge is -2.09. The fourth-order valence-corrected chi connectivity index (χ4v) is 2.22. The van der Waals surface area contributed by atoms with Crippen molar-refractivity contribution in [1.29, 1.82) is 0 Å². The molecule has 0 radical (unpaired) electrons. The van der Waals surface area contributed by atoms with Gasteiger partial charge in [0.1, 0.15) is 0 Å². The number of hydrogen-bond donors (Lipinski definition) is 0. The van der Waals surface area contributed by atoms with E-state index in [0.29, 0.717) is 0 Å². The van der Waals surface area contributed by atoms with Crippen molar-refractivity contribution in [2.45, 2.75) is 39.2 Å². The van der Waals surface area contributed by atoms with E-state index in [1.165, 1.54) is 10.8 Å². The van der Waals surface area contributed by atoms with Crippen LogP contribution in [0.25, 0.3) is 0 Å². The molecule has 1 heterocycles. The maximum atomic E-state index is 11.9. The van der Waals surface area contributed by atoms with E-state index >= 15 is 0 Å². The number of Topliss-reactive ketones (excluding diaryl/α,β-unsaturated/α-hetero) is 1. The number of aryl methyl sites for hydroxylation is 1. The molecule has 0 aromatic carbocycles. The molecule has 0 bridgehead atoms. The molecule has 4 heteroatoms. The van der Waals surface area contributed by atoms with Gasteiger partial charge in [0.05, 0.1) is 6.54 Å². The third-order valence-corrected chi connectivity index (χ3v) is 3.12. The quantitative estimate of drug-likeness (QED) is 0.771. The molecule has 0 atom stereocenters. The Morgan fingerprint density at radius 1 is 1.50 bits per heavy atom. The van der Waals surface area contributed by atoms with E-state index in [9.17, 15) is 9.59 Å². The molecule has 0 N–H and O–H groups in total. The molecule has 0 spiro atoms. The lowest BCUT2D eigenvalue weighted by molar-refractivity contribution is -0.123. The van der Waals surface area contributed by atoms with Gasteiger partial charge in [0.25, 0.3) is 0 Å². The maximum Gasteiger partial charge on any atom is 0.347 e. The maximum absolute atomic E-state index is 11.9. The molecule has 2 rings (SSSR count). The minimum atomic E-state index is -0.336. The monoisotopic (exact) mass is 220 g/mol. The number of carbonyl (C=O) groups is 1. The van der Waals surface area contributed by atoms with E-state index in [2.05, 4.69) is 4.98 Å². The van der Waals surface area contributed by atoms with Crippen LogP contribution in [-0.2, 0) is 11.3 Å². The summed E-state index contributed by atoms with van der Waals surface area (Å²) < 4.78 is 1.41. The van der Waals surface area contributed by atoms with E-state index in [1.807, 2.05) is 6.92 Å². The van der Waals surface area contributed by atoms with Gasteiger partial charge in [-0.05, 0) is 25.3 Å². The number of hydrogen-bond acceptors (Lipinski definition) is 3. The van der Waals surface area contributed by atoms with Crippen molar-refractivity contribution >= 4 is 5.78 Å². The van der Waals surface area contributed by atoms with Crippen LogP contribution in [0.3, 0.4) is 0 Å². The summed E-state index contributed by atoms with van der Waals surface area (Å²) in [7, 11) is 0. The van der Waals surface area contributed by atoms with Gasteiger partial charge in [-0.15, -0.1) is 0 Å². The van der Waals surface area contributed by atoms with Gasteiger partial charge in [-0.2, -0.15) is 0 Å². The third kappa shape index (κ3) is 2.38. The minimum Gasteiger partial charge on any atom is -0.297 e. The Kier molecular flexibility index (Phi) is 3.17. The highest BCUT2D eigenvalue weighted by atomic mass is 16.2. The molecule has 1 fully saturated rings. The standard InChI is InChI=1S/C12H16N2O2/c1-9-6-13-12(16)14(7-9)8-11(15)10-4-2-3-5-10/h6-7,10H,2-5,8H2,1H3. The second kappa shape index (κ2) is 4.60. The molecule has 0 aliphatic heterocycles. The van der Waals surface area contributed by atoms with Gasteiger partial charge >= 0.3 is 5.69 Å². The van der Waals surface area contributed by atoms with Gasteiger partial charge in [-0.25, -0.2) is 9.78 Å². The third-order valence-electron chi connectivity index (χ3n) is 3.12. The van der Waals surface area contributed by atoms with Crippen molar-refractivity contribution in [1.82, 2.24) is 9.55 Å². The molecule has 0 unspecified atom stereocenters. The van der Waals surface area contributed by atoms with Crippen LogP contribution in [0.1, 0.15) is 31.2 Å². The van der Waals surface area contributed by atoms with Crippen LogP contribution in [0, 0.1) is 12.8 Å². The summed E-state index contributed by atoms with van der Waals surface area (Å²) >= 11 is 0. The first-order valence-electron chi connectivity index (χ1n) is 5.72. The second-order valence-corrected chi connectivity index (χ2v) is 4.49. The molecule has 0 saturated heterocycles. The van der Waals surface area contributed by atoms with Gasteiger partial charge in [0.2, 0.25) is 0 Å². The molecule has 1 saturated carbocycles. The Labute approximate surface area is 94.3 Å². The Morgan fingerprint density at radius 2 is 2.19 bits per heavy atom. The van der Waals surface area contributed by atoms with E-state index in [1.54, 1.807) is 6.20 Å². The first-order valence-corrected chi connectivity index (χ1v) is 5.72. The molecule has 86 valence electrons. The Bertz CT molecular complexity index is 445. The highest BCUT2D eigenvalue weighted by Crippen LogP contribution is 2.25. The van der Waals surface area contributed by atoms with Crippen LogP contribution in [0.4, 0.5) is 0 Å². The zero-order chi connectivity index (χ0) is 11.5. The summed E-state index contributed by atoms with van der Waals surface area (Å²) in [6.45, 7) is 2.04. The number of ketones is 1. The molecule has 0 amide bonds.